The Morgan fingerprint density at radius 2 is 1.25 bits per heavy atom. The molecule has 0 amide bonds. The molecule has 4 heteroatoms. The first-order valence-corrected chi connectivity index (χ1v) is 0. The first-order chi connectivity index (χ1) is 0. The van der Waals surface area contributed by atoms with Crippen LogP contribution >= 0.6 is 0 Å². The molecule has 0 aliphatic carbocycles. The predicted octanol–water partition coefficient (Wildman–Crippen LogP) is -3.39. The molecule has 0 aromatic heterocycles. The van der Waals surface area contributed by atoms with Crippen molar-refractivity contribution in [2.45, 2.75) is 0 Å². The summed E-state index contributed by atoms with van der Waals surface area (Å²) in [5.74, 6) is 0. The third kappa shape index (κ3) is 10.4. The van der Waals surface area contributed by atoms with Gasteiger partial charge in [0, 0.05) is 11.0 Å². The summed E-state index contributed by atoms with van der Waals surface area (Å²) < 4.78 is 0. The summed E-state index contributed by atoms with van der Waals surface area (Å²) in [4.78, 5) is 0. The van der Waals surface area contributed by atoms with Gasteiger partial charge < -0.3 is 6.90 Å². The van der Waals surface area contributed by atoms with Crippen molar-refractivity contribution in [3.05, 3.63) is 0 Å². The van der Waals surface area contributed by atoms with E-state index in [1.54, 1.807) is 0 Å². The Bertz CT molecular complexity index is 11.6. The number of rotatable bonds is 0. The van der Waals surface area contributed by atoms with Crippen molar-refractivity contribution in [3.8, 4) is 0 Å². The zero-order valence-electron chi connectivity index (χ0n) is 3.21. The fraction of sp³-hybridized carbons (Fsp3) is 0. The average Bonchev–Trinajstić information content (AvgIpc) is 0. The second-order valence-corrected chi connectivity index (χ2v) is 0. The molecule has 0 aromatic rings. The second kappa shape index (κ2) is 27.8. The molecule has 0 bridgehead atoms. The third-order valence-corrected chi connectivity index (χ3v) is 0. The largest absolute Gasteiger partial charge is 2.00 e. The summed E-state index contributed by atoms with van der Waals surface area (Å²) in [5.41, 5.74) is 0. The van der Waals surface area contributed by atoms with Crippen LogP contribution in [0.4, 0.5) is 0 Å². The summed E-state index contributed by atoms with van der Waals surface area (Å²) in [6, 6.07) is 0. The van der Waals surface area contributed by atoms with Crippen LogP contribution in [0.2, 0.25) is 0 Å². The van der Waals surface area contributed by atoms with Gasteiger partial charge in [0.25, 0.3) is 0 Å². The van der Waals surface area contributed by atoms with E-state index in [0.717, 1.165) is 0 Å². The van der Waals surface area contributed by atoms with Crippen LogP contribution in [0.1, 0.15) is 1.43 Å². The van der Waals surface area contributed by atoms with E-state index in [4.69, 9.17) is 0 Å². The zero-order chi connectivity index (χ0) is 0. The summed E-state index contributed by atoms with van der Waals surface area (Å²) in [5, 5.41) is 0. The molecular weight excluding hydrogens is 115 g/mol. The molecule has 0 heterocycles. The Labute approximate surface area is 54.0 Å². The molecule has 4 heavy (non-hydrogen) atoms. The molecule has 0 aromatic carbocycles. The molecule has 0 spiro atoms. The van der Waals surface area contributed by atoms with Gasteiger partial charge >= 0.3 is 35.9 Å². The Balaban J connectivity index is 0. The minimum atomic E-state index is 0. The van der Waals surface area contributed by atoms with Gasteiger partial charge in [-0.1, -0.05) is 0 Å². The normalized spacial score (nSPS) is 0. The van der Waals surface area contributed by atoms with Gasteiger partial charge in [-0.25, -0.2) is 0 Å². The summed E-state index contributed by atoms with van der Waals surface area (Å²) in [6.07, 6.45) is 0. The number of hydrogen-bond acceptors (Lipinski definition) is 0. The monoisotopic (exact) mass is 115 g/mol. The van der Waals surface area contributed by atoms with Crippen molar-refractivity contribution in [1.29, 1.82) is 0 Å². The van der Waals surface area contributed by atoms with E-state index >= 15 is 0 Å². The van der Waals surface area contributed by atoms with Crippen molar-refractivity contribution in [2.24, 2.45) is 0 Å². The van der Waals surface area contributed by atoms with Crippen LogP contribution in [0.5, 0.6) is 0 Å². The average molecular weight is 116 g/mol. The van der Waals surface area contributed by atoms with Crippen molar-refractivity contribution >= 4 is 11.0 Å². The molecule has 0 aliphatic rings. The van der Waals surface area contributed by atoms with Crippen molar-refractivity contribution < 1.29 is 42.8 Å². The molecule has 0 atom stereocenters. The minimum Gasteiger partial charge on any atom is -2.00 e. The molecule has 23 valence electrons. The van der Waals surface area contributed by atoms with Crippen LogP contribution in [-0.4, -0.2) is 11.0 Å². The van der Waals surface area contributed by atoms with Crippen LogP contribution in [0.25, 0.3) is 0 Å². The van der Waals surface area contributed by atoms with E-state index in [1.807, 2.05) is 0 Å². The third-order valence-electron chi connectivity index (χ3n) is 0. The van der Waals surface area contributed by atoms with Crippen LogP contribution in [0.3, 0.4) is 0 Å². The van der Waals surface area contributed by atoms with Gasteiger partial charge in [0.1, 0.15) is 0 Å². The Hall–Kier alpha value is 1.29. The minimum absolute atomic E-state index is 0. The molecule has 0 fully saturated rings. The van der Waals surface area contributed by atoms with Gasteiger partial charge in [0.15, 0.2) is 0 Å². The van der Waals surface area contributed by atoms with E-state index in [0.29, 0.717) is 0 Å². The predicted molar refractivity (Wildman–Crippen MR) is 7.55 cm³/mol. The molecule has 0 N–H and O–H groups in total. The van der Waals surface area contributed by atoms with Gasteiger partial charge in [0.05, 0.1) is 0 Å². The van der Waals surface area contributed by atoms with Gasteiger partial charge in [0.2, 0.25) is 0 Å². The smallest absolute Gasteiger partial charge is 2.00 e. The molecule has 0 unspecified atom stereocenters. The zero-order valence-corrected chi connectivity index (χ0v) is 4.15. The van der Waals surface area contributed by atoms with Crippen molar-refractivity contribution in [1.82, 2.24) is 0 Å². The van der Waals surface area contributed by atoms with E-state index in [2.05, 4.69) is 0 Å². The summed E-state index contributed by atoms with van der Waals surface area (Å²) in [7, 11) is 0. The topological polar surface area (TPSA) is 28.5 Å². The van der Waals surface area contributed by atoms with E-state index < -0.39 is 0 Å². The maximum absolute atomic E-state index is 0. The van der Waals surface area contributed by atoms with Gasteiger partial charge in [-0.3, -0.25) is 0 Å². The van der Waals surface area contributed by atoms with Crippen LogP contribution in [-0.2, 0) is 22.5 Å². The van der Waals surface area contributed by atoms with Gasteiger partial charge in [-0.05, 0) is 0 Å². The Morgan fingerprint density at radius 1 is 1.25 bits per heavy atom. The Morgan fingerprint density at radius 3 is 1.25 bits per heavy atom. The van der Waals surface area contributed by atoms with Gasteiger partial charge in [-0.2, -0.15) is 0 Å². The fourth-order valence-electron chi connectivity index (χ4n) is 0. The maximum atomic E-state index is 0. The fourth-order valence-corrected chi connectivity index (χ4v) is 0. The maximum Gasteiger partial charge on any atom is 2.00 e. The molecule has 1 nitrogen and oxygen atoms in total. The van der Waals surface area contributed by atoms with Crippen LogP contribution in [0.15, 0.2) is 0 Å². The summed E-state index contributed by atoms with van der Waals surface area (Å²) in [6.45, 7) is 0. The molecule has 0 rings (SSSR count). The number of hydrogen-bond donors (Lipinski definition) is 0. The van der Waals surface area contributed by atoms with Gasteiger partial charge in [-0.15, -0.1) is 0 Å². The SMILES string of the molecule is [Cu+2].[H-].[Li+].[O-2].[Si]. The van der Waals surface area contributed by atoms with Crippen LogP contribution in [0, 0.1) is 0 Å². The van der Waals surface area contributed by atoms with E-state index in [9.17, 15) is 0 Å². The Kier molecular flexibility index (Phi) is 406. The first-order valence-electron chi connectivity index (χ1n) is 0. The van der Waals surface area contributed by atoms with E-state index in [-0.39, 0.29) is 53.8 Å². The standard InChI is InChI=1S/Cu.Li.O.Si.H/q+2;+1;-2;;-1. The van der Waals surface area contributed by atoms with Crippen molar-refractivity contribution in [3.63, 3.8) is 0 Å². The molecular formula is HCuLiOSi. The summed E-state index contributed by atoms with van der Waals surface area (Å²) >= 11 is 0. The van der Waals surface area contributed by atoms with Crippen molar-refractivity contribution in [2.75, 3.05) is 0 Å². The quantitative estimate of drug-likeness (QED) is 0.295. The molecule has 0 aliphatic heterocycles. The molecule has 5 radical (unpaired) electrons. The second-order valence-electron chi connectivity index (χ2n) is 0. The van der Waals surface area contributed by atoms with Crippen LogP contribution < -0.4 is 18.9 Å². The van der Waals surface area contributed by atoms with E-state index in [1.165, 1.54) is 0 Å². The molecule has 0 saturated carbocycles. The molecule has 0 saturated heterocycles. The first kappa shape index (κ1) is 58.3.